The van der Waals surface area contributed by atoms with Gasteiger partial charge in [-0.2, -0.15) is 5.10 Å². The second-order valence-corrected chi connectivity index (χ2v) is 8.58. The van der Waals surface area contributed by atoms with E-state index in [4.69, 9.17) is 0 Å². The van der Waals surface area contributed by atoms with Crippen molar-refractivity contribution in [2.45, 2.75) is 6.92 Å². The highest BCUT2D eigenvalue weighted by atomic mass is 32.1. The van der Waals surface area contributed by atoms with Gasteiger partial charge < -0.3 is 4.98 Å². The first-order valence-corrected chi connectivity index (χ1v) is 10.5. The Morgan fingerprint density at radius 1 is 0.900 bits per heavy atom. The Kier molecular flexibility index (Phi) is 3.79. The van der Waals surface area contributed by atoms with Crippen LogP contribution in [0.3, 0.4) is 0 Å². The number of nitrogens with one attached hydrogen (secondary N) is 2. The molecule has 0 spiro atoms. The summed E-state index contributed by atoms with van der Waals surface area (Å²) in [6, 6.07) is 18.7. The van der Waals surface area contributed by atoms with Crippen LogP contribution in [-0.2, 0) is 0 Å². The number of pyridine rings is 2. The van der Waals surface area contributed by atoms with Crippen molar-refractivity contribution in [1.82, 2.24) is 25.1 Å². The fourth-order valence-electron chi connectivity index (χ4n) is 3.87. The van der Waals surface area contributed by atoms with Crippen LogP contribution in [0, 0.1) is 6.92 Å². The van der Waals surface area contributed by atoms with Gasteiger partial charge in [-0.15, -0.1) is 11.3 Å². The van der Waals surface area contributed by atoms with E-state index in [0.29, 0.717) is 0 Å². The normalized spacial score (nSPS) is 11.5. The molecule has 5 aromatic heterocycles. The fraction of sp³-hybridized carbons (Fsp3) is 0.0417. The maximum Gasteiger partial charge on any atom is 0.116 e. The minimum absolute atomic E-state index is 0.896. The summed E-state index contributed by atoms with van der Waals surface area (Å²) in [5.41, 5.74) is 7.02. The molecule has 6 rings (SSSR count). The van der Waals surface area contributed by atoms with Gasteiger partial charge in [-0.25, -0.2) is 0 Å². The molecule has 0 unspecified atom stereocenters. The maximum atomic E-state index is 4.61. The van der Waals surface area contributed by atoms with Gasteiger partial charge in [0.1, 0.15) is 5.69 Å². The lowest BCUT2D eigenvalue weighted by Crippen LogP contribution is -1.82. The van der Waals surface area contributed by atoms with Crippen LogP contribution in [-0.4, -0.2) is 25.1 Å². The van der Waals surface area contributed by atoms with Crippen LogP contribution in [0.5, 0.6) is 0 Å². The van der Waals surface area contributed by atoms with E-state index in [2.05, 4.69) is 68.5 Å². The highest BCUT2D eigenvalue weighted by Gasteiger charge is 2.15. The number of fused-ring (bicyclic) bond motifs is 2. The molecule has 6 heteroatoms. The molecule has 0 aliphatic carbocycles. The van der Waals surface area contributed by atoms with Gasteiger partial charge in [0, 0.05) is 44.0 Å². The average molecular weight is 408 g/mol. The summed E-state index contributed by atoms with van der Waals surface area (Å²) in [5, 5.41) is 9.98. The van der Waals surface area contributed by atoms with Crippen molar-refractivity contribution in [2.24, 2.45) is 0 Å². The van der Waals surface area contributed by atoms with E-state index >= 15 is 0 Å². The molecule has 5 heterocycles. The molecule has 5 nitrogen and oxygen atoms in total. The molecule has 0 aliphatic rings. The van der Waals surface area contributed by atoms with E-state index in [0.717, 1.165) is 50.0 Å². The molecule has 0 atom stereocenters. The summed E-state index contributed by atoms with van der Waals surface area (Å²) >= 11 is 1.78. The summed E-state index contributed by atoms with van der Waals surface area (Å²) < 4.78 is 0. The van der Waals surface area contributed by atoms with Gasteiger partial charge in [-0.1, -0.05) is 12.1 Å². The van der Waals surface area contributed by atoms with Gasteiger partial charge in [-0.3, -0.25) is 15.1 Å². The number of hydrogen-bond acceptors (Lipinski definition) is 4. The molecule has 0 saturated carbocycles. The molecule has 0 bridgehead atoms. The standard InChI is InChI=1S/C24H17N5S/c1-14-5-8-23(30-14)18-12-25-13-22-16(18)11-21(27-22)24-17-10-15(6-7-20(17)28-29-24)19-4-2-3-9-26-19/h2-13,27H,1H3,(H,28,29). The van der Waals surface area contributed by atoms with Crippen molar-refractivity contribution in [2.75, 3.05) is 0 Å². The molecular weight excluding hydrogens is 390 g/mol. The molecule has 2 N–H and O–H groups in total. The van der Waals surface area contributed by atoms with Gasteiger partial charge in [0.2, 0.25) is 0 Å². The zero-order valence-electron chi connectivity index (χ0n) is 16.2. The third-order valence-electron chi connectivity index (χ3n) is 5.33. The minimum Gasteiger partial charge on any atom is -0.352 e. The van der Waals surface area contributed by atoms with Gasteiger partial charge in [0.05, 0.1) is 28.6 Å². The smallest absolute Gasteiger partial charge is 0.116 e. The Morgan fingerprint density at radius 2 is 1.87 bits per heavy atom. The number of rotatable bonds is 3. The van der Waals surface area contributed by atoms with E-state index < -0.39 is 0 Å². The Morgan fingerprint density at radius 3 is 2.70 bits per heavy atom. The van der Waals surface area contributed by atoms with Crippen molar-refractivity contribution >= 4 is 33.1 Å². The third-order valence-corrected chi connectivity index (χ3v) is 6.36. The van der Waals surface area contributed by atoms with Gasteiger partial charge >= 0.3 is 0 Å². The first-order valence-electron chi connectivity index (χ1n) is 9.70. The van der Waals surface area contributed by atoms with Crippen LogP contribution in [0.25, 0.3) is 54.9 Å². The van der Waals surface area contributed by atoms with E-state index in [1.807, 2.05) is 36.8 Å². The Hall–Kier alpha value is -3.77. The highest BCUT2D eigenvalue weighted by molar-refractivity contribution is 7.15. The predicted molar refractivity (Wildman–Crippen MR) is 122 cm³/mol. The van der Waals surface area contributed by atoms with Gasteiger partial charge in [0.25, 0.3) is 0 Å². The van der Waals surface area contributed by atoms with Gasteiger partial charge in [0.15, 0.2) is 0 Å². The van der Waals surface area contributed by atoms with Crippen LogP contribution < -0.4 is 0 Å². The van der Waals surface area contributed by atoms with Crippen molar-refractivity contribution in [3.05, 3.63) is 78.1 Å². The number of H-pyrrole nitrogens is 2. The molecule has 1 aromatic carbocycles. The van der Waals surface area contributed by atoms with Crippen LogP contribution in [0.4, 0.5) is 0 Å². The van der Waals surface area contributed by atoms with E-state index in [-0.39, 0.29) is 0 Å². The molecular formula is C24H17N5S. The SMILES string of the molecule is Cc1ccc(-c2cncc3[nH]c(-c4n[nH]c5ccc(-c6ccccn6)cc45)cc23)s1. The third kappa shape index (κ3) is 2.73. The van der Waals surface area contributed by atoms with E-state index in [9.17, 15) is 0 Å². The first kappa shape index (κ1) is 17.1. The molecule has 0 aliphatic heterocycles. The monoisotopic (exact) mass is 407 g/mol. The number of benzene rings is 1. The summed E-state index contributed by atoms with van der Waals surface area (Å²) in [6.45, 7) is 2.12. The molecule has 144 valence electrons. The molecule has 0 amide bonds. The summed E-state index contributed by atoms with van der Waals surface area (Å²) in [5.74, 6) is 0. The summed E-state index contributed by atoms with van der Waals surface area (Å²) in [4.78, 5) is 15.0. The Labute approximate surface area is 176 Å². The van der Waals surface area contributed by atoms with Crippen LogP contribution in [0.2, 0.25) is 0 Å². The van der Waals surface area contributed by atoms with Crippen LogP contribution in [0.15, 0.2) is 73.2 Å². The molecule has 0 radical (unpaired) electrons. The zero-order valence-corrected chi connectivity index (χ0v) is 17.0. The highest BCUT2D eigenvalue weighted by Crippen LogP contribution is 2.36. The lowest BCUT2D eigenvalue weighted by atomic mass is 10.1. The second kappa shape index (κ2) is 6.64. The fourth-order valence-corrected chi connectivity index (χ4v) is 4.76. The van der Waals surface area contributed by atoms with E-state index in [1.54, 1.807) is 11.3 Å². The van der Waals surface area contributed by atoms with Crippen molar-refractivity contribution < 1.29 is 0 Å². The Bertz CT molecular complexity index is 1510. The number of aryl methyl sites for hydroxylation is 1. The van der Waals surface area contributed by atoms with Crippen molar-refractivity contribution in [3.8, 4) is 33.1 Å². The average Bonchev–Trinajstić information content (AvgIpc) is 3.51. The lowest BCUT2D eigenvalue weighted by Gasteiger charge is -2.01. The van der Waals surface area contributed by atoms with Crippen molar-refractivity contribution in [3.63, 3.8) is 0 Å². The summed E-state index contributed by atoms with van der Waals surface area (Å²) in [7, 11) is 0. The quantitative estimate of drug-likeness (QED) is 0.367. The molecule has 6 aromatic rings. The van der Waals surface area contributed by atoms with E-state index in [1.165, 1.54) is 9.75 Å². The van der Waals surface area contributed by atoms with Gasteiger partial charge in [-0.05, 0) is 49.4 Å². The largest absolute Gasteiger partial charge is 0.352 e. The minimum atomic E-state index is 0.896. The van der Waals surface area contributed by atoms with Crippen molar-refractivity contribution in [1.29, 1.82) is 0 Å². The van der Waals surface area contributed by atoms with Crippen LogP contribution >= 0.6 is 11.3 Å². The molecule has 0 saturated heterocycles. The number of aromatic nitrogens is 5. The zero-order chi connectivity index (χ0) is 20.1. The second-order valence-electron chi connectivity index (χ2n) is 7.29. The number of thiophene rings is 1. The topological polar surface area (TPSA) is 70.2 Å². The lowest BCUT2D eigenvalue weighted by molar-refractivity contribution is 1.12. The number of nitrogens with zero attached hydrogens (tertiary/aromatic N) is 3. The first-order chi connectivity index (χ1) is 14.8. The Balaban J connectivity index is 1.52. The number of hydrogen-bond donors (Lipinski definition) is 2. The summed E-state index contributed by atoms with van der Waals surface area (Å²) in [6.07, 6.45) is 5.62. The number of aromatic amines is 2. The molecule has 0 fully saturated rings. The van der Waals surface area contributed by atoms with Crippen LogP contribution in [0.1, 0.15) is 4.88 Å². The molecule has 30 heavy (non-hydrogen) atoms. The maximum absolute atomic E-state index is 4.61. The predicted octanol–water partition coefficient (Wildman–Crippen LogP) is 6.21.